The molecule has 0 aromatic heterocycles. The average molecular weight is 391 g/mol. The second kappa shape index (κ2) is 17.6. The maximum Gasteiger partial charge on any atom is 1.00 e. The van der Waals surface area contributed by atoms with E-state index in [9.17, 15) is 13.2 Å². The van der Waals surface area contributed by atoms with Gasteiger partial charge in [0, 0.05) is 0 Å². The fourth-order valence-corrected chi connectivity index (χ4v) is 3.02. The molecule has 0 fully saturated rings. The molecule has 0 bridgehead atoms. The zero-order valence-corrected chi connectivity index (χ0v) is 19.0. The van der Waals surface area contributed by atoms with E-state index in [-0.39, 0.29) is 50.6 Å². The van der Waals surface area contributed by atoms with Crippen molar-refractivity contribution in [2.45, 2.75) is 89.7 Å². The molecule has 25 heavy (non-hydrogen) atoms. The van der Waals surface area contributed by atoms with Crippen LogP contribution in [0.2, 0.25) is 0 Å². The standard InChI is InChI=1S/C17H34O6S.Na.H/c1-3-5-6-7-8-9-10-11-12-13-14-22-17(18)23-15-16(4-2)24(19,20)21;;/h16H,3-15H2,1-2H3,(H,19,20,21);;/q;+1;-1. The van der Waals surface area contributed by atoms with Gasteiger partial charge >= 0.3 is 35.7 Å². The first-order valence-corrected chi connectivity index (χ1v) is 10.7. The largest absolute Gasteiger partial charge is 1.00 e. The summed E-state index contributed by atoms with van der Waals surface area (Å²) in [6, 6.07) is 0. The minimum absolute atomic E-state index is 0. The Morgan fingerprint density at radius 1 is 0.920 bits per heavy atom. The number of rotatable bonds is 15. The molecule has 0 saturated carbocycles. The van der Waals surface area contributed by atoms with Crippen LogP contribution in [0.1, 0.15) is 85.9 Å². The van der Waals surface area contributed by atoms with Gasteiger partial charge in [-0.25, -0.2) is 4.79 Å². The van der Waals surface area contributed by atoms with Gasteiger partial charge in [0.2, 0.25) is 0 Å². The van der Waals surface area contributed by atoms with Crippen LogP contribution in [0, 0.1) is 0 Å². The van der Waals surface area contributed by atoms with Crippen molar-refractivity contribution in [1.29, 1.82) is 0 Å². The summed E-state index contributed by atoms with van der Waals surface area (Å²) in [7, 11) is -4.19. The van der Waals surface area contributed by atoms with Gasteiger partial charge in [-0.15, -0.1) is 0 Å². The second-order valence-electron chi connectivity index (χ2n) is 6.14. The maximum absolute atomic E-state index is 11.3. The van der Waals surface area contributed by atoms with Crippen LogP contribution in [0.3, 0.4) is 0 Å². The molecule has 0 spiro atoms. The summed E-state index contributed by atoms with van der Waals surface area (Å²) >= 11 is 0. The van der Waals surface area contributed by atoms with Gasteiger partial charge in [-0.3, -0.25) is 4.55 Å². The smallest absolute Gasteiger partial charge is 1.00 e. The summed E-state index contributed by atoms with van der Waals surface area (Å²) in [5, 5.41) is -1.10. The van der Waals surface area contributed by atoms with Gasteiger partial charge in [-0.05, 0) is 12.8 Å². The van der Waals surface area contributed by atoms with E-state index in [2.05, 4.69) is 6.92 Å². The van der Waals surface area contributed by atoms with E-state index < -0.39 is 21.5 Å². The zero-order chi connectivity index (χ0) is 18.3. The second-order valence-corrected chi connectivity index (χ2v) is 7.83. The van der Waals surface area contributed by atoms with E-state index in [4.69, 9.17) is 14.0 Å². The summed E-state index contributed by atoms with van der Waals surface area (Å²) in [5.41, 5.74) is 0. The van der Waals surface area contributed by atoms with Gasteiger partial charge in [0.15, 0.2) is 0 Å². The van der Waals surface area contributed by atoms with Gasteiger partial charge in [0.1, 0.15) is 11.9 Å². The molecule has 1 N–H and O–H groups in total. The molecule has 0 radical (unpaired) electrons. The van der Waals surface area contributed by atoms with Crippen LogP contribution >= 0.6 is 0 Å². The Morgan fingerprint density at radius 2 is 1.40 bits per heavy atom. The third kappa shape index (κ3) is 17.4. The molecule has 0 aliphatic heterocycles. The molecule has 0 saturated heterocycles. The third-order valence-corrected chi connectivity index (χ3v) is 5.29. The Balaban J connectivity index is -0.00000264. The maximum atomic E-state index is 11.3. The molecule has 0 rings (SSSR count). The summed E-state index contributed by atoms with van der Waals surface area (Å²) < 4.78 is 40.4. The van der Waals surface area contributed by atoms with E-state index in [1.165, 1.54) is 44.9 Å². The quantitative estimate of drug-likeness (QED) is 0.199. The van der Waals surface area contributed by atoms with E-state index in [0.29, 0.717) is 0 Å². The molecule has 0 amide bonds. The summed E-state index contributed by atoms with van der Waals surface area (Å²) in [6.07, 6.45) is 11.2. The van der Waals surface area contributed by atoms with Crippen molar-refractivity contribution >= 4 is 16.3 Å². The van der Waals surface area contributed by atoms with Crippen LogP contribution in [0.4, 0.5) is 4.79 Å². The van der Waals surface area contributed by atoms with Crippen LogP contribution in [-0.4, -0.2) is 37.6 Å². The number of hydrogen-bond acceptors (Lipinski definition) is 5. The normalized spacial score (nSPS) is 12.3. The Morgan fingerprint density at radius 3 is 1.84 bits per heavy atom. The molecule has 1 atom stereocenters. The predicted octanol–water partition coefficient (Wildman–Crippen LogP) is 1.84. The molecule has 146 valence electrons. The monoisotopic (exact) mass is 390 g/mol. The van der Waals surface area contributed by atoms with Crippen molar-refractivity contribution in [3.8, 4) is 0 Å². The van der Waals surface area contributed by atoms with Gasteiger partial charge in [-0.1, -0.05) is 71.6 Å². The molecule has 0 aliphatic carbocycles. The van der Waals surface area contributed by atoms with Gasteiger partial charge in [-0.2, -0.15) is 8.42 Å². The summed E-state index contributed by atoms with van der Waals surface area (Å²) in [6.45, 7) is 3.70. The molecular formula is C17H35NaO6S. The number of carbonyl (C=O) groups excluding carboxylic acids is 1. The van der Waals surface area contributed by atoms with E-state index in [0.717, 1.165) is 19.3 Å². The fourth-order valence-electron chi connectivity index (χ4n) is 2.36. The Labute approximate surface area is 176 Å². The molecule has 0 aromatic carbocycles. The first-order valence-electron chi connectivity index (χ1n) is 9.17. The van der Waals surface area contributed by atoms with Crippen LogP contribution in [0.25, 0.3) is 0 Å². The molecule has 6 nitrogen and oxygen atoms in total. The number of unbranched alkanes of at least 4 members (excludes halogenated alkanes) is 9. The number of hydrogen-bond donors (Lipinski definition) is 1. The van der Waals surface area contributed by atoms with Crippen molar-refractivity contribution < 1.29 is 58.2 Å². The summed E-state index contributed by atoms with van der Waals surface area (Å²) in [5.74, 6) is 0. The molecular weight excluding hydrogens is 355 g/mol. The first kappa shape index (κ1) is 27.4. The third-order valence-electron chi connectivity index (χ3n) is 3.98. The van der Waals surface area contributed by atoms with Gasteiger partial charge in [0.25, 0.3) is 10.1 Å². The van der Waals surface area contributed by atoms with Crippen LogP contribution in [-0.2, 0) is 19.6 Å². The average Bonchev–Trinajstić information content (AvgIpc) is 2.52. The van der Waals surface area contributed by atoms with Crippen molar-refractivity contribution in [3.63, 3.8) is 0 Å². The van der Waals surface area contributed by atoms with Crippen LogP contribution in [0.15, 0.2) is 0 Å². The molecule has 0 aromatic rings. The predicted molar refractivity (Wildman–Crippen MR) is 95.9 cm³/mol. The first-order chi connectivity index (χ1) is 11.4. The topological polar surface area (TPSA) is 89.9 Å². The number of ether oxygens (including phenoxy) is 2. The Kier molecular flexibility index (Phi) is 19.3. The fraction of sp³-hybridized carbons (Fsp3) is 0.941. The van der Waals surface area contributed by atoms with Crippen molar-refractivity contribution in [2.75, 3.05) is 13.2 Å². The summed E-state index contributed by atoms with van der Waals surface area (Å²) in [4.78, 5) is 11.3. The molecule has 0 aliphatic rings. The van der Waals surface area contributed by atoms with E-state index >= 15 is 0 Å². The zero-order valence-electron chi connectivity index (χ0n) is 17.2. The van der Waals surface area contributed by atoms with Crippen molar-refractivity contribution in [3.05, 3.63) is 0 Å². The minimum atomic E-state index is -4.19. The van der Waals surface area contributed by atoms with Gasteiger partial charge < -0.3 is 10.9 Å². The van der Waals surface area contributed by atoms with E-state index in [1.807, 2.05) is 0 Å². The number of carbonyl (C=O) groups is 1. The van der Waals surface area contributed by atoms with Crippen LogP contribution in [0.5, 0.6) is 0 Å². The van der Waals surface area contributed by atoms with Crippen LogP contribution < -0.4 is 29.6 Å². The SMILES string of the molecule is CCCCCCCCCCCCOC(=O)OCC(CC)S(=O)(=O)O.[H-].[Na+]. The molecule has 8 heteroatoms. The van der Waals surface area contributed by atoms with Gasteiger partial charge in [0.05, 0.1) is 6.61 Å². The Bertz CT molecular complexity index is 419. The Hall–Kier alpha value is 0.180. The molecule has 0 heterocycles. The van der Waals surface area contributed by atoms with E-state index in [1.54, 1.807) is 6.92 Å². The molecule has 1 unspecified atom stereocenters. The minimum Gasteiger partial charge on any atom is -1.00 e. The van der Waals surface area contributed by atoms with Crippen molar-refractivity contribution in [1.82, 2.24) is 0 Å². The van der Waals surface area contributed by atoms with Crippen molar-refractivity contribution in [2.24, 2.45) is 0 Å².